The second kappa shape index (κ2) is 7.04. The molecule has 5 aromatic rings. The molecule has 0 atom stereocenters. The summed E-state index contributed by atoms with van der Waals surface area (Å²) in [7, 11) is 0. The molecule has 0 aliphatic carbocycles. The fourth-order valence-electron chi connectivity index (χ4n) is 3.68. The van der Waals surface area contributed by atoms with Gasteiger partial charge in [0.25, 0.3) is 5.56 Å². The van der Waals surface area contributed by atoms with Crippen molar-refractivity contribution in [1.29, 1.82) is 0 Å². The fourth-order valence-corrected chi connectivity index (χ4v) is 3.68. The third kappa shape index (κ3) is 3.11. The highest BCUT2D eigenvalue weighted by atomic mass is 16.3. The van der Waals surface area contributed by atoms with Crippen LogP contribution in [0.3, 0.4) is 0 Å². The molecule has 2 N–H and O–H groups in total. The molecule has 29 heavy (non-hydrogen) atoms. The van der Waals surface area contributed by atoms with Crippen LogP contribution in [-0.2, 0) is 13.1 Å². The number of hydrogen-bond donors (Lipinski definition) is 1. The number of furan rings is 1. The molecule has 0 unspecified atom stereocenters. The lowest BCUT2D eigenvalue weighted by Crippen LogP contribution is -2.24. The SMILES string of the molecule is NCc1cccc(Cn2c(-c3ccc4cocc4c3)nc3ccccc3c2=O)c1. The number of para-hydroxylation sites is 1. The number of nitrogens with zero attached hydrogens (tertiary/aromatic N) is 2. The van der Waals surface area contributed by atoms with Crippen molar-refractivity contribution in [1.82, 2.24) is 9.55 Å². The van der Waals surface area contributed by atoms with E-state index in [0.717, 1.165) is 27.5 Å². The molecule has 5 rings (SSSR count). The average Bonchev–Trinajstić information content (AvgIpc) is 3.23. The summed E-state index contributed by atoms with van der Waals surface area (Å²) in [6, 6.07) is 21.4. The molecule has 0 aliphatic rings. The van der Waals surface area contributed by atoms with Gasteiger partial charge in [0.2, 0.25) is 0 Å². The molecule has 0 saturated heterocycles. The van der Waals surface area contributed by atoms with Gasteiger partial charge < -0.3 is 10.2 Å². The summed E-state index contributed by atoms with van der Waals surface area (Å²) >= 11 is 0. The van der Waals surface area contributed by atoms with Crippen molar-refractivity contribution in [3.63, 3.8) is 0 Å². The molecule has 0 radical (unpaired) electrons. The number of nitrogens with two attached hydrogens (primary N) is 1. The molecule has 5 heteroatoms. The van der Waals surface area contributed by atoms with Crippen molar-refractivity contribution in [2.75, 3.05) is 0 Å². The summed E-state index contributed by atoms with van der Waals surface area (Å²) in [5, 5.41) is 2.59. The predicted molar refractivity (Wildman–Crippen MR) is 115 cm³/mol. The molecule has 0 spiro atoms. The van der Waals surface area contributed by atoms with Crippen LogP contribution < -0.4 is 11.3 Å². The number of aromatic nitrogens is 2. The second-order valence-electron chi connectivity index (χ2n) is 7.08. The first-order valence-corrected chi connectivity index (χ1v) is 9.47. The minimum atomic E-state index is -0.0592. The van der Waals surface area contributed by atoms with E-state index in [1.807, 2.05) is 66.7 Å². The lowest BCUT2D eigenvalue weighted by atomic mass is 10.1. The zero-order valence-corrected chi connectivity index (χ0v) is 15.7. The van der Waals surface area contributed by atoms with Crippen molar-refractivity contribution in [2.24, 2.45) is 5.73 Å². The Bertz CT molecular complexity index is 1400. The maximum atomic E-state index is 13.4. The van der Waals surface area contributed by atoms with E-state index in [2.05, 4.69) is 0 Å². The highest BCUT2D eigenvalue weighted by Crippen LogP contribution is 2.25. The van der Waals surface area contributed by atoms with Crippen LogP contribution in [0.1, 0.15) is 11.1 Å². The van der Waals surface area contributed by atoms with E-state index < -0.39 is 0 Å². The maximum Gasteiger partial charge on any atom is 0.261 e. The van der Waals surface area contributed by atoms with Crippen LogP contribution in [-0.4, -0.2) is 9.55 Å². The Morgan fingerprint density at radius 2 is 1.72 bits per heavy atom. The number of benzene rings is 3. The van der Waals surface area contributed by atoms with Crippen molar-refractivity contribution in [2.45, 2.75) is 13.1 Å². The van der Waals surface area contributed by atoms with E-state index in [-0.39, 0.29) is 5.56 Å². The van der Waals surface area contributed by atoms with Gasteiger partial charge in [-0.3, -0.25) is 9.36 Å². The standard InChI is InChI=1S/C24H19N3O2/c25-12-16-4-3-5-17(10-16)13-27-23(18-8-9-19-14-29-15-20(19)11-18)26-22-7-2-1-6-21(22)24(27)28/h1-11,14-15H,12-13,25H2. The van der Waals surface area contributed by atoms with Crippen LogP contribution in [0, 0.1) is 0 Å². The Hall–Kier alpha value is -3.70. The van der Waals surface area contributed by atoms with Gasteiger partial charge in [0, 0.05) is 22.9 Å². The van der Waals surface area contributed by atoms with E-state index >= 15 is 0 Å². The predicted octanol–water partition coefficient (Wildman–Crippen LogP) is 4.32. The highest BCUT2D eigenvalue weighted by Gasteiger charge is 2.14. The van der Waals surface area contributed by atoms with Gasteiger partial charge in [-0.05, 0) is 29.3 Å². The van der Waals surface area contributed by atoms with Gasteiger partial charge >= 0.3 is 0 Å². The molecule has 3 aromatic carbocycles. The third-order valence-electron chi connectivity index (χ3n) is 5.16. The first kappa shape index (κ1) is 17.4. The van der Waals surface area contributed by atoms with Crippen LogP contribution in [0.15, 0.2) is 88.5 Å². The Labute approximate surface area is 167 Å². The van der Waals surface area contributed by atoms with Gasteiger partial charge in [-0.15, -0.1) is 0 Å². The zero-order chi connectivity index (χ0) is 19.8. The largest absolute Gasteiger partial charge is 0.471 e. The molecular formula is C24H19N3O2. The molecule has 5 nitrogen and oxygen atoms in total. The van der Waals surface area contributed by atoms with E-state index in [9.17, 15) is 4.79 Å². The zero-order valence-electron chi connectivity index (χ0n) is 15.7. The van der Waals surface area contributed by atoms with Crippen molar-refractivity contribution in [3.8, 4) is 11.4 Å². The van der Waals surface area contributed by atoms with E-state index in [4.69, 9.17) is 15.1 Å². The average molecular weight is 381 g/mol. The summed E-state index contributed by atoms with van der Waals surface area (Å²) in [6.45, 7) is 0.881. The molecule has 0 saturated carbocycles. The summed E-state index contributed by atoms with van der Waals surface area (Å²) in [4.78, 5) is 18.2. The Kier molecular flexibility index (Phi) is 4.22. The molecule has 2 heterocycles. The number of rotatable bonds is 4. The van der Waals surface area contributed by atoms with Gasteiger partial charge in [-0.25, -0.2) is 4.98 Å². The van der Waals surface area contributed by atoms with E-state index in [1.165, 1.54) is 0 Å². The molecule has 0 aliphatic heterocycles. The lowest BCUT2D eigenvalue weighted by molar-refractivity contribution is 0.572. The van der Waals surface area contributed by atoms with Crippen molar-refractivity contribution < 1.29 is 4.42 Å². The van der Waals surface area contributed by atoms with Crippen LogP contribution in [0.5, 0.6) is 0 Å². The third-order valence-corrected chi connectivity index (χ3v) is 5.16. The Morgan fingerprint density at radius 1 is 0.897 bits per heavy atom. The summed E-state index contributed by atoms with van der Waals surface area (Å²) in [5.74, 6) is 0.634. The molecular weight excluding hydrogens is 362 g/mol. The molecule has 2 aromatic heterocycles. The fraction of sp³-hybridized carbons (Fsp3) is 0.0833. The van der Waals surface area contributed by atoms with Crippen molar-refractivity contribution >= 4 is 21.7 Å². The van der Waals surface area contributed by atoms with Gasteiger partial charge in [0.15, 0.2) is 0 Å². The summed E-state index contributed by atoms with van der Waals surface area (Å²) < 4.78 is 7.04. The quantitative estimate of drug-likeness (QED) is 0.503. The van der Waals surface area contributed by atoms with E-state index in [0.29, 0.717) is 29.8 Å². The van der Waals surface area contributed by atoms with Crippen molar-refractivity contribution in [3.05, 3.63) is 101 Å². The van der Waals surface area contributed by atoms with Gasteiger partial charge in [0.1, 0.15) is 5.82 Å². The maximum absolute atomic E-state index is 13.4. The van der Waals surface area contributed by atoms with Crippen LogP contribution in [0.4, 0.5) is 0 Å². The first-order chi connectivity index (χ1) is 14.2. The Balaban J connectivity index is 1.74. The smallest absolute Gasteiger partial charge is 0.261 e. The Morgan fingerprint density at radius 3 is 2.62 bits per heavy atom. The normalized spacial score (nSPS) is 11.3. The molecule has 0 bridgehead atoms. The van der Waals surface area contributed by atoms with Gasteiger partial charge in [-0.2, -0.15) is 0 Å². The van der Waals surface area contributed by atoms with Crippen LogP contribution in [0.2, 0.25) is 0 Å². The highest BCUT2D eigenvalue weighted by molar-refractivity contribution is 5.86. The second-order valence-corrected chi connectivity index (χ2v) is 7.08. The minimum absolute atomic E-state index is 0.0592. The number of fused-ring (bicyclic) bond motifs is 2. The van der Waals surface area contributed by atoms with E-state index in [1.54, 1.807) is 17.1 Å². The molecule has 142 valence electrons. The van der Waals surface area contributed by atoms with Gasteiger partial charge in [-0.1, -0.05) is 48.5 Å². The van der Waals surface area contributed by atoms with Gasteiger partial charge in [0.05, 0.1) is 30.0 Å². The minimum Gasteiger partial charge on any atom is -0.471 e. The topological polar surface area (TPSA) is 74.1 Å². The molecule has 0 amide bonds. The number of hydrogen-bond acceptors (Lipinski definition) is 4. The monoisotopic (exact) mass is 381 g/mol. The summed E-state index contributed by atoms with van der Waals surface area (Å²) in [6.07, 6.45) is 3.41. The van der Waals surface area contributed by atoms with Crippen LogP contribution in [0.25, 0.3) is 33.1 Å². The first-order valence-electron chi connectivity index (χ1n) is 9.47. The summed E-state index contributed by atoms with van der Waals surface area (Å²) in [5.41, 5.74) is 9.33. The lowest BCUT2D eigenvalue weighted by Gasteiger charge is -2.14. The van der Waals surface area contributed by atoms with Crippen LogP contribution >= 0.6 is 0 Å². The molecule has 0 fully saturated rings.